The molecule has 35 heavy (non-hydrogen) atoms. The number of benzene rings is 2. The number of hydrogen-bond acceptors (Lipinski definition) is 6. The van der Waals surface area contributed by atoms with Crippen molar-refractivity contribution < 1.29 is 27.4 Å². The van der Waals surface area contributed by atoms with Crippen molar-refractivity contribution in [1.82, 2.24) is 14.8 Å². The average Bonchev–Trinajstić information content (AvgIpc) is 3.49. The Bertz CT molecular complexity index is 1300. The van der Waals surface area contributed by atoms with Crippen LogP contribution in [0.3, 0.4) is 0 Å². The van der Waals surface area contributed by atoms with Gasteiger partial charge in [-0.3, -0.25) is 4.79 Å². The second-order valence-electron chi connectivity index (χ2n) is 7.48. The number of nitrogens with zero attached hydrogens (tertiary/aromatic N) is 3. The van der Waals surface area contributed by atoms with Gasteiger partial charge in [0.2, 0.25) is 0 Å². The summed E-state index contributed by atoms with van der Waals surface area (Å²) in [6, 6.07) is 14.2. The van der Waals surface area contributed by atoms with Crippen LogP contribution in [0, 0.1) is 6.92 Å². The Morgan fingerprint density at radius 3 is 2.54 bits per heavy atom. The van der Waals surface area contributed by atoms with E-state index >= 15 is 0 Å². The van der Waals surface area contributed by atoms with Gasteiger partial charge in [0.15, 0.2) is 5.82 Å². The third-order valence-electron chi connectivity index (χ3n) is 5.02. The van der Waals surface area contributed by atoms with Crippen molar-refractivity contribution in [2.75, 3.05) is 25.6 Å². The van der Waals surface area contributed by atoms with E-state index in [0.29, 0.717) is 30.4 Å². The molecule has 0 spiro atoms. The highest BCUT2D eigenvalue weighted by atomic mass is 32.1. The van der Waals surface area contributed by atoms with Crippen molar-refractivity contribution in [2.45, 2.75) is 13.1 Å². The van der Waals surface area contributed by atoms with Crippen LogP contribution in [0.15, 0.2) is 60.0 Å². The first-order valence-corrected chi connectivity index (χ1v) is 11.4. The van der Waals surface area contributed by atoms with E-state index in [1.54, 1.807) is 36.1 Å². The minimum atomic E-state index is -4.54. The molecule has 182 valence electrons. The maximum absolute atomic E-state index is 13.2. The molecule has 0 saturated carbocycles. The monoisotopic (exact) mass is 502 g/mol. The molecule has 2 aromatic carbocycles. The number of nitrogens with one attached hydrogen (secondary N) is 1. The lowest BCUT2D eigenvalue weighted by molar-refractivity contribution is -0.138. The quantitative estimate of drug-likeness (QED) is 0.317. The first-order valence-electron chi connectivity index (χ1n) is 10.5. The number of carbonyl (C=O) groups excluding carboxylic acids is 1. The number of amides is 1. The molecule has 2 aromatic heterocycles. The van der Waals surface area contributed by atoms with Gasteiger partial charge in [0.1, 0.15) is 6.61 Å². The van der Waals surface area contributed by atoms with E-state index < -0.39 is 17.6 Å². The third-order valence-corrected chi connectivity index (χ3v) is 5.89. The largest absolute Gasteiger partial charge is 0.460 e. The first-order chi connectivity index (χ1) is 16.8. The van der Waals surface area contributed by atoms with Gasteiger partial charge in [-0.25, -0.2) is 4.68 Å². The highest BCUT2D eigenvalue weighted by Gasteiger charge is 2.33. The molecule has 0 aliphatic carbocycles. The van der Waals surface area contributed by atoms with Gasteiger partial charge >= 0.3 is 12.2 Å². The van der Waals surface area contributed by atoms with Crippen LogP contribution in [0.2, 0.25) is 0 Å². The van der Waals surface area contributed by atoms with Crippen molar-refractivity contribution in [2.24, 2.45) is 0 Å². The summed E-state index contributed by atoms with van der Waals surface area (Å²) in [5.41, 5.74) is 0.216. The molecule has 11 heteroatoms. The Kier molecular flexibility index (Phi) is 7.17. The Labute approximate surface area is 203 Å². The molecule has 0 atom stereocenters. The first kappa shape index (κ1) is 24.4. The molecule has 4 aromatic rings. The number of methoxy groups -OCH3 is 1. The lowest BCUT2D eigenvalue weighted by Gasteiger charge is -2.12. The highest BCUT2D eigenvalue weighted by Crippen LogP contribution is 2.32. The highest BCUT2D eigenvalue weighted by molar-refractivity contribution is 7.13. The van der Waals surface area contributed by atoms with Crippen LogP contribution in [0.4, 0.5) is 18.9 Å². The van der Waals surface area contributed by atoms with Crippen LogP contribution in [0.5, 0.6) is 6.01 Å². The summed E-state index contributed by atoms with van der Waals surface area (Å²) < 4.78 is 51.7. The van der Waals surface area contributed by atoms with E-state index in [0.717, 1.165) is 10.9 Å². The standard InChI is InChI=1S/C24H21F3N4O3S/c1-15-5-6-16(14-19(15)24(25,26)27)22(32)28-17-7-9-18(10-8-17)31-21(20-4-3-13-35-20)29-23(30-31)34-12-11-33-2/h3-10,13-14H,11-12H2,1-2H3,(H,28,32). The predicted molar refractivity (Wildman–Crippen MR) is 126 cm³/mol. The Hall–Kier alpha value is -3.70. The molecule has 0 aliphatic rings. The van der Waals surface area contributed by atoms with Crippen molar-refractivity contribution in [3.8, 4) is 22.4 Å². The van der Waals surface area contributed by atoms with E-state index in [2.05, 4.69) is 15.4 Å². The van der Waals surface area contributed by atoms with Gasteiger partial charge in [-0.15, -0.1) is 16.4 Å². The SMILES string of the molecule is COCCOc1nc(-c2cccs2)n(-c2ccc(NC(=O)c3ccc(C)c(C(F)(F)F)c3)cc2)n1. The normalized spacial score (nSPS) is 11.5. The number of carbonyl (C=O) groups is 1. The van der Waals surface area contributed by atoms with Gasteiger partial charge in [0.05, 0.1) is 22.7 Å². The summed E-state index contributed by atoms with van der Waals surface area (Å²) in [6.45, 7) is 2.04. The fourth-order valence-corrected chi connectivity index (χ4v) is 3.97. The van der Waals surface area contributed by atoms with Gasteiger partial charge in [0.25, 0.3) is 5.91 Å². The molecular formula is C24H21F3N4O3S. The Morgan fingerprint density at radius 2 is 1.89 bits per heavy atom. The molecule has 1 amide bonds. The van der Waals surface area contributed by atoms with Crippen LogP contribution in [0.1, 0.15) is 21.5 Å². The number of halogens is 3. The molecule has 7 nitrogen and oxygen atoms in total. The van der Waals surface area contributed by atoms with Gasteiger partial charge < -0.3 is 14.8 Å². The summed E-state index contributed by atoms with van der Waals surface area (Å²) >= 11 is 1.50. The molecule has 0 fully saturated rings. The summed E-state index contributed by atoms with van der Waals surface area (Å²) in [5, 5.41) is 8.98. The number of ether oxygens (including phenoxy) is 2. The summed E-state index contributed by atoms with van der Waals surface area (Å²) in [5.74, 6) is -0.0550. The molecule has 2 heterocycles. The zero-order chi connectivity index (χ0) is 25.0. The zero-order valence-corrected chi connectivity index (χ0v) is 19.6. The minimum Gasteiger partial charge on any atom is -0.460 e. The van der Waals surface area contributed by atoms with Crippen LogP contribution in [0.25, 0.3) is 16.4 Å². The number of anilines is 1. The molecule has 0 unspecified atom stereocenters. The van der Waals surface area contributed by atoms with E-state index in [9.17, 15) is 18.0 Å². The maximum atomic E-state index is 13.2. The summed E-state index contributed by atoms with van der Waals surface area (Å²) in [7, 11) is 1.57. The average molecular weight is 503 g/mol. The van der Waals surface area contributed by atoms with Crippen LogP contribution in [-0.2, 0) is 10.9 Å². The van der Waals surface area contributed by atoms with Crippen LogP contribution in [-0.4, -0.2) is 41.0 Å². The Balaban J connectivity index is 1.55. The number of alkyl halides is 3. The molecule has 0 bridgehead atoms. The minimum absolute atomic E-state index is 0.0540. The topological polar surface area (TPSA) is 78.3 Å². The molecule has 0 radical (unpaired) electrons. The predicted octanol–water partition coefficient (Wildman–Crippen LogP) is 5.60. The Morgan fingerprint density at radius 1 is 1.11 bits per heavy atom. The molecule has 0 aliphatic heterocycles. The van der Waals surface area contributed by atoms with Crippen molar-refractivity contribution in [3.63, 3.8) is 0 Å². The maximum Gasteiger partial charge on any atom is 0.416 e. The van der Waals surface area contributed by atoms with E-state index in [-0.39, 0.29) is 17.1 Å². The lowest BCUT2D eigenvalue weighted by atomic mass is 10.0. The second-order valence-corrected chi connectivity index (χ2v) is 8.42. The van der Waals surface area contributed by atoms with E-state index in [1.165, 1.54) is 30.4 Å². The van der Waals surface area contributed by atoms with Crippen molar-refractivity contribution in [1.29, 1.82) is 0 Å². The second kappa shape index (κ2) is 10.3. The van der Waals surface area contributed by atoms with E-state index in [1.807, 2.05) is 17.5 Å². The van der Waals surface area contributed by atoms with Gasteiger partial charge in [0, 0.05) is 18.4 Å². The zero-order valence-electron chi connectivity index (χ0n) is 18.8. The van der Waals surface area contributed by atoms with Crippen molar-refractivity contribution >= 4 is 22.9 Å². The van der Waals surface area contributed by atoms with Crippen LogP contribution >= 0.6 is 11.3 Å². The molecule has 1 N–H and O–H groups in total. The number of rotatable bonds is 8. The smallest absolute Gasteiger partial charge is 0.416 e. The van der Waals surface area contributed by atoms with Crippen LogP contribution < -0.4 is 10.1 Å². The van der Waals surface area contributed by atoms with Gasteiger partial charge in [-0.05, 0) is 60.3 Å². The number of hydrogen-bond donors (Lipinski definition) is 1. The number of aromatic nitrogens is 3. The van der Waals surface area contributed by atoms with Crippen molar-refractivity contribution in [3.05, 3.63) is 76.7 Å². The number of aryl methyl sites for hydroxylation is 1. The fraction of sp³-hybridized carbons (Fsp3) is 0.208. The summed E-state index contributed by atoms with van der Waals surface area (Å²) in [6.07, 6.45) is -4.54. The third kappa shape index (κ3) is 5.69. The lowest BCUT2D eigenvalue weighted by Crippen LogP contribution is -2.15. The fourth-order valence-electron chi connectivity index (χ4n) is 3.27. The summed E-state index contributed by atoms with van der Waals surface area (Å²) in [4.78, 5) is 17.9. The van der Waals surface area contributed by atoms with Gasteiger partial charge in [-0.2, -0.15) is 18.2 Å². The molecular weight excluding hydrogens is 481 g/mol. The number of thiophene rings is 1. The van der Waals surface area contributed by atoms with Gasteiger partial charge in [-0.1, -0.05) is 12.1 Å². The molecule has 0 saturated heterocycles. The molecule has 4 rings (SSSR count). The van der Waals surface area contributed by atoms with E-state index in [4.69, 9.17) is 9.47 Å².